The van der Waals surface area contributed by atoms with E-state index < -0.39 is 15.9 Å². The molecule has 1 aliphatic heterocycles. The first-order chi connectivity index (χ1) is 13.3. The minimum atomic E-state index is -3.33. The lowest BCUT2D eigenvalue weighted by Gasteiger charge is -2.29. The molecule has 2 heterocycles. The van der Waals surface area contributed by atoms with Crippen LogP contribution in [0.2, 0.25) is 0 Å². The molecule has 1 atom stereocenters. The van der Waals surface area contributed by atoms with Crippen molar-refractivity contribution >= 4 is 21.9 Å². The fraction of sp³-hybridized carbons (Fsp3) is 0.471. The highest BCUT2D eigenvalue weighted by Gasteiger charge is 2.31. The molecule has 1 aromatic carbocycles. The fourth-order valence-electron chi connectivity index (χ4n) is 3.02. The number of nitrogens with zero attached hydrogens (tertiary/aromatic N) is 3. The molecule has 2 aromatic rings. The van der Waals surface area contributed by atoms with Crippen molar-refractivity contribution in [1.82, 2.24) is 14.5 Å². The van der Waals surface area contributed by atoms with Crippen molar-refractivity contribution in [2.45, 2.75) is 12.8 Å². The molecular weight excluding hydrogens is 388 g/mol. The van der Waals surface area contributed by atoms with Gasteiger partial charge in [-0.25, -0.2) is 12.7 Å². The summed E-state index contributed by atoms with van der Waals surface area (Å²) in [6.45, 7) is 0.563. The zero-order chi connectivity index (χ0) is 20.3. The van der Waals surface area contributed by atoms with Gasteiger partial charge < -0.3 is 13.9 Å². The van der Waals surface area contributed by atoms with Crippen molar-refractivity contribution in [1.29, 1.82) is 0 Å². The van der Waals surface area contributed by atoms with E-state index in [0.29, 0.717) is 36.4 Å². The smallest absolute Gasteiger partial charge is 0.322 e. The summed E-state index contributed by atoms with van der Waals surface area (Å²) in [5.41, 5.74) is 0.603. The van der Waals surface area contributed by atoms with Crippen LogP contribution in [0.5, 0.6) is 11.5 Å². The van der Waals surface area contributed by atoms with Crippen molar-refractivity contribution in [3.63, 3.8) is 0 Å². The summed E-state index contributed by atoms with van der Waals surface area (Å²) in [6.07, 6.45) is 2.35. The number of piperidine rings is 1. The SMILES string of the molecule is COc1ccc(-c2nnc(NC(=O)[C@@H]3CCCN(S(C)(=O)=O)C3)o2)cc1OC. The Morgan fingerprint density at radius 2 is 2.00 bits per heavy atom. The van der Waals surface area contributed by atoms with Crippen molar-refractivity contribution < 1.29 is 27.1 Å². The number of hydrogen-bond donors (Lipinski definition) is 1. The third-order valence-electron chi connectivity index (χ3n) is 4.51. The first kappa shape index (κ1) is 20.1. The van der Waals surface area contributed by atoms with E-state index in [-0.39, 0.29) is 24.4 Å². The number of nitrogens with one attached hydrogen (secondary N) is 1. The largest absolute Gasteiger partial charge is 0.493 e. The van der Waals surface area contributed by atoms with E-state index in [4.69, 9.17) is 13.9 Å². The number of aromatic nitrogens is 2. The van der Waals surface area contributed by atoms with E-state index in [2.05, 4.69) is 15.5 Å². The molecule has 0 spiro atoms. The maximum absolute atomic E-state index is 12.5. The first-order valence-electron chi connectivity index (χ1n) is 8.63. The molecule has 1 aliphatic rings. The minimum Gasteiger partial charge on any atom is -0.493 e. The molecule has 0 aliphatic carbocycles. The topological polar surface area (TPSA) is 124 Å². The maximum atomic E-state index is 12.5. The van der Waals surface area contributed by atoms with Crippen LogP contribution >= 0.6 is 0 Å². The van der Waals surface area contributed by atoms with Gasteiger partial charge in [0.1, 0.15) is 0 Å². The third kappa shape index (κ3) is 4.42. The molecule has 0 unspecified atom stereocenters. The zero-order valence-electron chi connectivity index (χ0n) is 15.8. The van der Waals surface area contributed by atoms with Gasteiger partial charge in [0.25, 0.3) is 0 Å². The molecule has 0 bridgehead atoms. The number of amides is 1. The summed E-state index contributed by atoms with van der Waals surface area (Å²) in [4.78, 5) is 12.5. The van der Waals surface area contributed by atoms with Crippen molar-refractivity contribution in [2.75, 3.05) is 38.9 Å². The number of hydrogen-bond acceptors (Lipinski definition) is 8. The van der Waals surface area contributed by atoms with Gasteiger partial charge in [-0.2, -0.15) is 0 Å². The minimum absolute atomic E-state index is 0.0498. The summed E-state index contributed by atoms with van der Waals surface area (Å²) in [7, 11) is -0.275. The molecule has 1 N–H and O–H groups in total. The van der Waals surface area contributed by atoms with Gasteiger partial charge in [-0.05, 0) is 31.0 Å². The highest BCUT2D eigenvalue weighted by atomic mass is 32.2. The predicted octanol–water partition coefficient (Wildman–Crippen LogP) is 1.36. The van der Waals surface area contributed by atoms with Gasteiger partial charge in [0.05, 0.1) is 26.4 Å². The van der Waals surface area contributed by atoms with Gasteiger partial charge in [-0.1, -0.05) is 5.10 Å². The Kier molecular flexibility index (Phi) is 5.84. The molecule has 11 heteroatoms. The van der Waals surface area contributed by atoms with Crippen LogP contribution in [0.4, 0.5) is 6.01 Å². The number of methoxy groups -OCH3 is 2. The van der Waals surface area contributed by atoms with Gasteiger partial charge >= 0.3 is 6.01 Å². The molecule has 0 saturated carbocycles. The summed E-state index contributed by atoms with van der Waals surface area (Å²) in [5.74, 6) is 0.451. The van der Waals surface area contributed by atoms with Crippen molar-refractivity contribution in [3.8, 4) is 23.0 Å². The van der Waals surface area contributed by atoms with E-state index in [1.165, 1.54) is 18.5 Å². The van der Waals surface area contributed by atoms with Crippen LogP contribution in [0.3, 0.4) is 0 Å². The molecule has 1 fully saturated rings. The quantitative estimate of drug-likeness (QED) is 0.757. The number of ether oxygens (including phenoxy) is 2. The number of benzene rings is 1. The van der Waals surface area contributed by atoms with Crippen LogP contribution in [0.15, 0.2) is 22.6 Å². The van der Waals surface area contributed by atoms with Crippen LogP contribution in [0.25, 0.3) is 11.5 Å². The highest BCUT2D eigenvalue weighted by molar-refractivity contribution is 7.88. The average molecular weight is 410 g/mol. The zero-order valence-corrected chi connectivity index (χ0v) is 16.7. The Morgan fingerprint density at radius 3 is 2.68 bits per heavy atom. The molecule has 0 radical (unpaired) electrons. The van der Waals surface area contributed by atoms with Gasteiger partial charge in [0, 0.05) is 18.7 Å². The van der Waals surface area contributed by atoms with Crippen LogP contribution in [-0.2, 0) is 14.8 Å². The van der Waals surface area contributed by atoms with E-state index in [1.54, 1.807) is 18.2 Å². The van der Waals surface area contributed by atoms with Gasteiger partial charge in [0.15, 0.2) is 11.5 Å². The number of carbonyl (C=O) groups is 1. The van der Waals surface area contributed by atoms with E-state index in [1.807, 2.05) is 0 Å². The highest BCUT2D eigenvalue weighted by Crippen LogP contribution is 2.32. The lowest BCUT2D eigenvalue weighted by Crippen LogP contribution is -2.43. The number of carbonyl (C=O) groups excluding carboxylic acids is 1. The molecule has 1 amide bonds. The summed E-state index contributed by atoms with van der Waals surface area (Å²) >= 11 is 0. The molecule has 28 heavy (non-hydrogen) atoms. The van der Waals surface area contributed by atoms with E-state index in [0.717, 1.165) is 6.26 Å². The number of sulfonamides is 1. The van der Waals surface area contributed by atoms with E-state index >= 15 is 0 Å². The summed E-state index contributed by atoms with van der Waals surface area (Å²) in [5, 5.41) is 10.3. The van der Waals surface area contributed by atoms with Crippen LogP contribution in [0.1, 0.15) is 12.8 Å². The fourth-order valence-corrected chi connectivity index (χ4v) is 3.94. The lowest BCUT2D eigenvalue weighted by atomic mass is 9.99. The second kappa shape index (κ2) is 8.15. The number of anilines is 1. The molecule has 152 valence electrons. The van der Waals surface area contributed by atoms with Gasteiger partial charge in [-0.3, -0.25) is 10.1 Å². The summed E-state index contributed by atoms with van der Waals surface area (Å²) < 4.78 is 40.7. The Labute approximate surface area is 162 Å². The average Bonchev–Trinajstić information content (AvgIpc) is 3.15. The van der Waals surface area contributed by atoms with Crippen molar-refractivity contribution in [3.05, 3.63) is 18.2 Å². The Balaban J connectivity index is 1.70. The molecule has 3 rings (SSSR count). The Bertz CT molecular complexity index is 958. The lowest BCUT2D eigenvalue weighted by molar-refractivity contribution is -0.121. The predicted molar refractivity (Wildman–Crippen MR) is 101 cm³/mol. The molecule has 10 nitrogen and oxygen atoms in total. The Morgan fingerprint density at radius 1 is 1.25 bits per heavy atom. The standard InChI is InChI=1S/C17H22N4O6S/c1-25-13-7-6-11(9-14(13)26-2)16-19-20-17(27-16)18-15(22)12-5-4-8-21(10-12)28(3,23)24/h6-7,9,12H,4-5,8,10H2,1-3H3,(H,18,20,22)/t12-/m1/s1. The van der Waals surface area contributed by atoms with Crippen molar-refractivity contribution in [2.24, 2.45) is 5.92 Å². The monoisotopic (exact) mass is 410 g/mol. The molecule has 1 saturated heterocycles. The maximum Gasteiger partial charge on any atom is 0.322 e. The van der Waals surface area contributed by atoms with Gasteiger partial charge in [-0.15, -0.1) is 5.10 Å². The molecule has 1 aromatic heterocycles. The van der Waals surface area contributed by atoms with Crippen LogP contribution < -0.4 is 14.8 Å². The normalized spacial score (nSPS) is 17.9. The first-order valence-corrected chi connectivity index (χ1v) is 10.5. The third-order valence-corrected chi connectivity index (χ3v) is 5.78. The Hall–Kier alpha value is -2.66. The summed E-state index contributed by atoms with van der Waals surface area (Å²) in [6, 6.07) is 5.07. The molecular formula is C17H22N4O6S. The van der Waals surface area contributed by atoms with E-state index in [9.17, 15) is 13.2 Å². The van der Waals surface area contributed by atoms with Crippen LogP contribution in [-0.4, -0.2) is 62.4 Å². The van der Waals surface area contributed by atoms with Crippen LogP contribution in [0, 0.1) is 5.92 Å². The van der Waals surface area contributed by atoms with Gasteiger partial charge in [0.2, 0.25) is 21.8 Å². The number of rotatable bonds is 6. The second-order valence-electron chi connectivity index (χ2n) is 6.43. The second-order valence-corrected chi connectivity index (χ2v) is 8.41.